The van der Waals surface area contributed by atoms with Crippen LogP contribution in [0.4, 0.5) is 4.79 Å². The molecule has 2 fully saturated rings. The van der Waals surface area contributed by atoms with Gasteiger partial charge in [-0.3, -0.25) is 4.79 Å². The SMILES string of the molecule is CCCCCCOc1ccc2c(c1)CCN1C(=O)[C@@H]3CCCN(C(=O)NCCc4ccccc4)[C@@H]3C[C@@H]21. The summed E-state index contributed by atoms with van der Waals surface area (Å²) in [6, 6.07) is 16.6. The molecule has 5 rings (SSSR count). The van der Waals surface area contributed by atoms with E-state index >= 15 is 0 Å². The Balaban J connectivity index is 1.24. The molecule has 3 atom stereocenters. The van der Waals surface area contributed by atoms with Crippen molar-refractivity contribution < 1.29 is 14.3 Å². The lowest BCUT2D eigenvalue weighted by atomic mass is 9.76. The third kappa shape index (κ3) is 5.78. The van der Waals surface area contributed by atoms with Gasteiger partial charge in [-0.05, 0) is 67.3 Å². The van der Waals surface area contributed by atoms with Crippen LogP contribution >= 0.6 is 0 Å². The van der Waals surface area contributed by atoms with Crippen LogP contribution in [0.3, 0.4) is 0 Å². The van der Waals surface area contributed by atoms with Gasteiger partial charge in [-0.2, -0.15) is 0 Å². The number of carbonyl (C=O) groups is 2. The Morgan fingerprint density at radius 3 is 2.78 bits per heavy atom. The smallest absolute Gasteiger partial charge is 0.317 e. The summed E-state index contributed by atoms with van der Waals surface area (Å²) in [5.41, 5.74) is 3.73. The number of unbranched alkanes of at least 4 members (excludes halogenated alkanes) is 3. The first-order chi connectivity index (χ1) is 18.2. The number of ether oxygens (including phenoxy) is 1. The number of piperidine rings is 2. The summed E-state index contributed by atoms with van der Waals surface area (Å²) in [5.74, 6) is 1.07. The highest BCUT2D eigenvalue weighted by molar-refractivity contribution is 5.83. The third-order valence-electron chi connectivity index (χ3n) is 8.38. The minimum atomic E-state index is -0.0860. The normalized spacial score (nSPS) is 22.6. The summed E-state index contributed by atoms with van der Waals surface area (Å²) in [6.07, 6.45) is 9.01. The zero-order valence-corrected chi connectivity index (χ0v) is 22.2. The quantitative estimate of drug-likeness (QED) is 0.459. The topological polar surface area (TPSA) is 61.9 Å². The molecule has 37 heavy (non-hydrogen) atoms. The van der Waals surface area contributed by atoms with Gasteiger partial charge in [0, 0.05) is 25.7 Å². The largest absolute Gasteiger partial charge is 0.494 e. The number of urea groups is 1. The lowest BCUT2D eigenvalue weighted by Gasteiger charge is -2.51. The predicted octanol–water partition coefficient (Wildman–Crippen LogP) is 5.51. The van der Waals surface area contributed by atoms with Gasteiger partial charge in [-0.15, -0.1) is 0 Å². The van der Waals surface area contributed by atoms with E-state index < -0.39 is 0 Å². The van der Waals surface area contributed by atoms with Crippen molar-refractivity contribution in [2.45, 2.75) is 76.8 Å². The number of nitrogens with one attached hydrogen (secondary N) is 1. The highest BCUT2D eigenvalue weighted by Crippen LogP contribution is 2.44. The molecular weight excluding hydrogens is 462 g/mol. The highest BCUT2D eigenvalue weighted by Gasteiger charge is 2.48. The van der Waals surface area contributed by atoms with Crippen LogP contribution in [-0.2, 0) is 17.6 Å². The average Bonchev–Trinajstić information content (AvgIpc) is 2.93. The summed E-state index contributed by atoms with van der Waals surface area (Å²) >= 11 is 0. The number of hydrogen-bond acceptors (Lipinski definition) is 3. The Morgan fingerprint density at radius 1 is 1.08 bits per heavy atom. The minimum absolute atomic E-state index is 0.0327. The molecule has 2 aromatic carbocycles. The van der Waals surface area contributed by atoms with Crippen LogP contribution in [0.2, 0.25) is 0 Å². The van der Waals surface area contributed by atoms with Gasteiger partial charge in [-0.1, -0.05) is 62.6 Å². The summed E-state index contributed by atoms with van der Waals surface area (Å²) < 4.78 is 6.04. The average molecular weight is 504 g/mol. The van der Waals surface area contributed by atoms with E-state index in [4.69, 9.17) is 4.74 Å². The highest BCUT2D eigenvalue weighted by atomic mass is 16.5. The molecule has 0 spiro atoms. The summed E-state index contributed by atoms with van der Waals surface area (Å²) in [5, 5.41) is 3.13. The second-order valence-electron chi connectivity index (χ2n) is 10.8. The van der Waals surface area contributed by atoms with Crippen LogP contribution in [0.25, 0.3) is 0 Å². The van der Waals surface area contributed by atoms with Crippen LogP contribution in [0.5, 0.6) is 5.75 Å². The Bertz CT molecular complexity index is 1070. The fourth-order valence-electron chi connectivity index (χ4n) is 6.41. The van der Waals surface area contributed by atoms with Crippen LogP contribution in [0.15, 0.2) is 48.5 Å². The van der Waals surface area contributed by atoms with Crippen molar-refractivity contribution in [2.75, 3.05) is 26.2 Å². The molecule has 3 heterocycles. The number of nitrogens with zero attached hydrogens (tertiary/aromatic N) is 2. The maximum Gasteiger partial charge on any atom is 0.317 e. The number of carbonyl (C=O) groups excluding carboxylic acids is 2. The molecular formula is C31H41N3O3. The van der Waals surface area contributed by atoms with Gasteiger partial charge in [0.05, 0.1) is 18.6 Å². The molecule has 0 bridgehead atoms. The Morgan fingerprint density at radius 2 is 1.95 bits per heavy atom. The van der Waals surface area contributed by atoms with Crippen molar-refractivity contribution in [2.24, 2.45) is 5.92 Å². The first-order valence-corrected chi connectivity index (χ1v) is 14.3. The van der Waals surface area contributed by atoms with Crippen molar-refractivity contribution in [1.29, 1.82) is 0 Å². The van der Waals surface area contributed by atoms with E-state index in [2.05, 4.69) is 47.5 Å². The van der Waals surface area contributed by atoms with Crippen LogP contribution in [0.1, 0.15) is 74.6 Å². The molecule has 3 aliphatic heterocycles. The van der Waals surface area contributed by atoms with E-state index in [-0.39, 0.29) is 29.9 Å². The number of benzene rings is 2. The van der Waals surface area contributed by atoms with Gasteiger partial charge < -0.3 is 19.9 Å². The molecule has 0 radical (unpaired) electrons. The number of rotatable bonds is 9. The van der Waals surface area contributed by atoms with E-state index in [1.807, 2.05) is 23.1 Å². The third-order valence-corrected chi connectivity index (χ3v) is 8.38. The predicted molar refractivity (Wildman–Crippen MR) is 146 cm³/mol. The maximum absolute atomic E-state index is 13.6. The second-order valence-corrected chi connectivity index (χ2v) is 10.8. The van der Waals surface area contributed by atoms with Crippen LogP contribution in [0, 0.1) is 5.92 Å². The van der Waals surface area contributed by atoms with Crippen molar-refractivity contribution in [3.63, 3.8) is 0 Å². The van der Waals surface area contributed by atoms with E-state index in [1.54, 1.807) is 0 Å². The molecule has 2 saturated heterocycles. The number of fused-ring (bicyclic) bond motifs is 4. The summed E-state index contributed by atoms with van der Waals surface area (Å²) in [6.45, 7) is 5.05. The zero-order valence-electron chi connectivity index (χ0n) is 22.2. The van der Waals surface area contributed by atoms with Gasteiger partial charge in [0.1, 0.15) is 5.75 Å². The molecule has 0 saturated carbocycles. The Labute approximate surface area is 221 Å². The van der Waals surface area contributed by atoms with Crippen molar-refractivity contribution in [1.82, 2.24) is 15.1 Å². The van der Waals surface area contributed by atoms with E-state index in [0.29, 0.717) is 6.54 Å². The fourth-order valence-corrected chi connectivity index (χ4v) is 6.41. The molecule has 3 amide bonds. The molecule has 0 aromatic heterocycles. The molecule has 2 aromatic rings. The molecule has 1 N–H and O–H groups in total. The van der Waals surface area contributed by atoms with E-state index in [0.717, 1.165) is 64.0 Å². The van der Waals surface area contributed by atoms with Gasteiger partial charge in [0.2, 0.25) is 5.91 Å². The maximum atomic E-state index is 13.6. The molecule has 0 unspecified atom stereocenters. The van der Waals surface area contributed by atoms with Gasteiger partial charge in [-0.25, -0.2) is 4.79 Å². The second kappa shape index (κ2) is 12.0. The number of hydrogen-bond donors (Lipinski definition) is 1. The standard InChI is InChI=1S/C31H41N3O3/c1-2-3-4-8-20-37-25-13-14-26-24(21-25)16-19-33-28(26)22-29-27(30(33)35)12-9-18-34(29)31(36)32-17-15-23-10-6-5-7-11-23/h5-7,10-11,13-14,21,27-29H,2-4,8-9,12,15-20,22H2,1H3,(H,32,36)/t27-,28+,29-/m1/s1. The fraction of sp³-hybridized carbons (Fsp3) is 0.548. The first kappa shape index (κ1) is 25.6. The van der Waals surface area contributed by atoms with Crippen LogP contribution in [-0.4, -0.2) is 54.0 Å². The van der Waals surface area contributed by atoms with E-state index in [9.17, 15) is 9.59 Å². The van der Waals surface area contributed by atoms with Crippen molar-refractivity contribution >= 4 is 11.9 Å². The van der Waals surface area contributed by atoms with Crippen molar-refractivity contribution in [3.8, 4) is 5.75 Å². The molecule has 6 nitrogen and oxygen atoms in total. The molecule has 198 valence electrons. The zero-order chi connectivity index (χ0) is 25.6. The molecule has 0 aliphatic carbocycles. The lowest BCUT2D eigenvalue weighted by molar-refractivity contribution is -0.148. The Kier molecular flexibility index (Phi) is 8.32. The van der Waals surface area contributed by atoms with Crippen molar-refractivity contribution in [3.05, 3.63) is 65.2 Å². The monoisotopic (exact) mass is 503 g/mol. The summed E-state index contributed by atoms with van der Waals surface area (Å²) in [4.78, 5) is 30.9. The Hall–Kier alpha value is -3.02. The number of likely N-dealkylation sites (tertiary alicyclic amines) is 1. The molecule has 6 heteroatoms. The van der Waals surface area contributed by atoms with Crippen LogP contribution < -0.4 is 10.1 Å². The van der Waals surface area contributed by atoms with Gasteiger partial charge in [0.15, 0.2) is 0 Å². The molecule has 3 aliphatic rings. The minimum Gasteiger partial charge on any atom is -0.494 e. The van der Waals surface area contributed by atoms with E-state index in [1.165, 1.54) is 36.0 Å². The first-order valence-electron chi connectivity index (χ1n) is 14.3. The number of amides is 3. The van der Waals surface area contributed by atoms with Gasteiger partial charge >= 0.3 is 6.03 Å². The summed E-state index contributed by atoms with van der Waals surface area (Å²) in [7, 11) is 0. The lowest BCUT2D eigenvalue weighted by Crippen LogP contribution is -2.61. The van der Waals surface area contributed by atoms with Gasteiger partial charge in [0.25, 0.3) is 0 Å².